The summed E-state index contributed by atoms with van der Waals surface area (Å²) in [7, 11) is 0. The van der Waals surface area contributed by atoms with E-state index >= 15 is 0 Å². The van der Waals surface area contributed by atoms with Gasteiger partial charge in [-0.25, -0.2) is 4.39 Å². The maximum Gasteiger partial charge on any atom is 0.128 e. The molecule has 4 heteroatoms. The SMILES string of the molecule is OCCCNCc1ccc(Br)cc1F. The molecule has 0 fully saturated rings. The summed E-state index contributed by atoms with van der Waals surface area (Å²) in [4.78, 5) is 0. The highest BCUT2D eigenvalue weighted by Gasteiger charge is 2.01. The monoisotopic (exact) mass is 261 g/mol. The number of benzene rings is 1. The van der Waals surface area contributed by atoms with Crippen molar-refractivity contribution in [1.82, 2.24) is 5.32 Å². The third kappa shape index (κ3) is 3.74. The highest BCUT2D eigenvalue weighted by molar-refractivity contribution is 9.10. The van der Waals surface area contributed by atoms with Gasteiger partial charge in [-0.1, -0.05) is 22.0 Å². The first-order valence-corrected chi connectivity index (χ1v) is 5.29. The summed E-state index contributed by atoms with van der Waals surface area (Å²) in [5, 5.41) is 11.6. The van der Waals surface area contributed by atoms with Gasteiger partial charge in [0.25, 0.3) is 0 Å². The molecule has 0 spiro atoms. The van der Waals surface area contributed by atoms with Crippen LogP contribution in [0.15, 0.2) is 22.7 Å². The number of hydrogen-bond donors (Lipinski definition) is 2. The van der Waals surface area contributed by atoms with Crippen molar-refractivity contribution in [3.05, 3.63) is 34.1 Å². The van der Waals surface area contributed by atoms with Crippen LogP contribution in [0.2, 0.25) is 0 Å². The Balaban J connectivity index is 2.42. The second kappa shape index (κ2) is 6.11. The minimum atomic E-state index is -0.212. The smallest absolute Gasteiger partial charge is 0.128 e. The predicted molar refractivity (Wildman–Crippen MR) is 57.5 cm³/mol. The molecule has 0 saturated carbocycles. The Morgan fingerprint density at radius 2 is 2.21 bits per heavy atom. The second-order valence-electron chi connectivity index (χ2n) is 2.99. The highest BCUT2D eigenvalue weighted by atomic mass is 79.9. The van der Waals surface area contributed by atoms with E-state index in [-0.39, 0.29) is 12.4 Å². The maximum absolute atomic E-state index is 13.2. The third-order valence-electron chi connectivity index (χ3n) is 1.84. The molecule has 0 aliphatic carbocycles. The van der Waals surface area contributed by atoms with Crippen LogP contribution in [-0.2, 0) is 6.54 Å². The molecule has 78 valence electrons. The number of rotatable bonds is 5. The molecule has 0 bridgehead atoms. The summed E-state index contributed by atoms with van der Waals surface area (Å²) >= 11 is 3.20. The molecule has 0 heterocycles. The van der Waals surface area contributed by atoms with Gasteiger partial charge in [0.05, 0.1) is 0 Å². The average Bonchev–Trinajstić information content (AvgIpc) is 2.15. The molecule has 0 aliphatic heterocycles. The Kier molecular flexibility index (Phi) is 5.07. The largest absolute Gasteiger partial charge is 0.396 e. The Labute approximate surface area is 91.3 Å². The van der Waals surface area contributed by atoms with E-state index in [2.05, 4.69) is 21.2 Å². The van der Waals surface area contributed by atoms with Crippen molar-refractivity contribution in [3.8, 4) is 0 Å². The summed E-state index contributed by atoms with van der Waals surface area (Å²) < 4.78 is 14.0. The van der Waals surface area contributed by atoms with Crippen LogP contribution in [0, 0.1) is 5.82 Å². The number of nitrogens with one attached hydrogen (secondary N) is 1. The lowest BCUT2D eigenvalue weighted by atomic mass is 10.2. The first kappa shape index (κ1) is 11.6. The Bertz CT molecular complexity index is 293. The van der Waals surface area contributed by atoms with Gasteiger partial charge >= 0.3 is 0 Å². The molecule has 2 nitrogen and oxygen atoms in total. The Hall–Kier alpha value is -0.450. The lowest BCUT2D eigenvalue weighted by Crippen LogP contribution is -2.16. The van der Waals surface area contributed by atoms with Gasteiger partial charge in [-0.2, -0.15) is 0 Å². The topological polar surface area (TPSA) is 32.3 Å². The average molecular weight is 262 g/mol. The van der Waals surface area contributed by atoms with Crippen LogP contribution in [0.5, 0.6) is 0 Å². The van der Waals surface area contributed by atoms with Gasteiger partial charge in [0, 0.05) is 23.2 Å². The first-order valence-electron chi connectivity index (χ1n) is 4.49. The van der Waals surface area contributed by atoms with Crippen molar-refractivity contribution in [1.29, 1.82) is 0 Å². The zero-order valence-electron chi connectivity index (χ0n) is 7.76. The fourth-order valence-corrected chi connectivity index (χ4v) is 1.43. The van der Waals surface area contributed by atoms with Gasteiger partial charge in [-0.05, 0) is 25.1 Å². The molecule has 0 atom stereocenters. The van der Waals surface area contributed by atoms with Gasteiger partial charge in [0.15, 0.2) is 0 Å². The molecule has 0 saturated heterocycles. The van der Waals surface area contributed by atoms with E-state index in [9.17, 15) is 4.39 Å². The van der Waals surface area contributed by atoms with Crippen LogP contribution in [0.25, 0.3) is 0 Å². The van der Waals surface area contributed by atoms with E-state index in [0.29, 0.717) is 25.1 Å². The van der Waals surface area contributed by atoms with Gasteiger partial charge in [0.1, 0.15) is 5.82 Å². The van der Waals surface area contributed by atoms with Crippen LogP contribution in [0.3, 0.4) is 0 Å². The number of hydrogen-bond acceptors (Lipinski definition) is 2. The first-order chi connectivity index (χ1) is 6.74. The molecule has 1 rings (SSSR count). The quantitative estimate of drug-likeness (QED) is 0.796. The molecular formula is C10H13BrFNO. The van der Waals surface area contributed by atoms with E-state index in [1.165, 1.54) is 6.07 Å². The van der Waals surface area contributed by atoms with Gasteiger partial charge < -0.3 is 10.4 Å². The van der Waals surface area contributed by atoms with Crippen LogP contribution >= 0.6 is 15.9 Å². The van der Waals surface area contributed by atoms with Crippen molar-refractivity contribution < 1.29 is 9.50 Å². The zero-order chi connectivity index (χ0) is 10.4. The van der Waals surface area contributed by atoms with Crippen molar-refractivity contribution in [2.75, 3.05) is 13.2 Å². The fraction of sp³-hybridized carbons (Fsp3) is 0.400. The van der Waals surface area contributed by atoms with Crippen LogP contribution < -0.4 is 5.32 Å². The number of halogens is 2. The summed E-state index contributed by atoms with van der Waals surface area (Å²) in [5.74, 6) is -0.212. The fourth-order valence-electron chi connectivity index (χ4n) is 1.09. The van der Waals surface area contributed by atoms with Gasteiger partial charge in [-0.3, -0.25) is 0 Å². The molecule has 0 radical (unpaired) electrons. The zero-order valence-corrected chi connectivity index (χ0v) is 9.35. The Morgan fingerprint density at radius 3 is 2.86 bits per heavy atom. The predicted octanol–water partition coefficient (Wildman–Crippen LogP) is 2.06. The standard InChI is InChI=1S/C10H13BrFNO/c11-9-3-2-8(10(12)6-9)7-13-4-1-5-14/h2-3,6,13-14H,1,4-5,7H2. The molecule has 0 aromatic heterocycles. The minimum Gasteiger partial charge on any atom is -0.396 e. The van der Waals surface area contributed by atoms with Crippen molar-refractivity contribution in [3.63, 3.8) is 0 Å². The number of aliphatic hydroxyl groups excluding tert-OH is 1. The van der Waals surface area contributed by atoms with Crippen LogP contribution in [0.4, 0.5) is 4.39 Å². The van der Waals surface area contributed by atoms with Crippen LogP contribution in [-0.4, -0.2) is 18.3 Å². The molecule has 1 aromatic carbocycles. The van der Waals surface area contributed by atoms with Crippen LogP contribution in [0.1, 0.15) is 12.0 Å². The molecule has 1 aromatic rings. The summed E-state index contributed by atoms with van der Waals surface area (Å²) in [6.45, 7) is 1.36. The summed E-state index contributed by atoms with van der Waals surface area (Å²) in [6, 6.07) is 5.00. The molecular weight excluding hydrogens is 249 g/mol. The third-order valence-corrected chi connectivity index (χ3v) is 2.34. The van der Waals surface area contributed by atoms with Gasteiger partial charge in [-0.15, -0.1) is 0 Å². The van der Waals surface area contributed by atoms with E-state index in [0.717, 1.165) is 4.47 Å². The van der Waals surface area contributed by atoms with E-state index in [1.807, 2.05) is 6.07 Å². The molecule has 0 aliphatic rings. The lowest BCUT2D eigenvalue weighted by molar-refractivity contribution is 0.286. The normalized spacial score (nSPS) is 10.5. The van der Waals surface area contributed by atoms with E-state index < -0.39 is 0 Å². The molecule has 14 heavy (non-hydrogen) atoms. The van der Waals surface area contributed by atoms with Crippen molar-refractivity contribution >= 4 is 15.9 Å². The van der Waals surface area contributed by atoms with Crippen molar-refractivity contribution in [2.45, 2.75) is 13.0 Å². The maximum atomic E-state index is 13.2. The molecule has 0 unspecified atom stereocenters. The second-order valence-corrected chi connectivity index (χ2v) is 3.91. The molecule has 2 N–H and O–H groups in total. The van der Waals surface area contributed by atoms with E-state index in [4.69, 9.17) is 5.11 Å². The summed E-state index contributed by atoms with van der Waals surface area (Å²) in [5.41, 5.74) is 0.645. The summed E-state index contributed by atoms with van der Waals surface area (Å²) in [6.07, 6.45) is 0.693. The van der Waals surface area contributed by atoms with E-state index in [1.54, 1.807) is 6.07 Å². The highest BCUT2D eigenvalue weighted by Crippen LogP contribution is 2.14. The van der Waals surface area contributed by atoms with Crippen molar-refractivity contribution in [2.24, 2.45) is 0 Å². The lowest BCUT2D eigenvalue weighted by Gasteiger charge is -2.05. The van der Waals surface area contributed by atoms with Gasteiger partial charge in [0.2, 0.25) is 0 Å². The Morgan fingerprint density at radius 1 is 1.43 bits per heavy atom. The molecule has 0 amide bonds. The minimum absolute atomic E-state index is 0.163. The number of aliphatic hydroxyl groups is 1.